The fourth-order valence-corrected chi connectivity index (χ4v) is 5.58. The van der Waals surface area contributed by atoms with Gasteiger partial charge in [-0.1, -0.05) is 78.9 Å². The molecule has 0 amide bonds. The van der Waals surface area contributed by atoms with Crippen LogP contribution in [0.3, 0.4) is 0 Å². The maximum absolute atomic E-state index is 12.6. The molecule has 0 radical (unpaired) electrons. The summed E-state index contributed by atoms with van der Waals surface area (Å²) >= 11 is 0. The molecule has 3 aromatic carbocycles. The molecule has 0 unspecified atom stereocenters. The van der Waals surface area contributed by atoms with Crippen LogP contribution in [0.4, 0.5) is 0 Å². The van der Waals surface area contributed by atoms with Crippen LogP contribution in [0.1, 0.15) is 0 Å². The van der Waals surface area contributed by atoms with Crippen LogP contribution in [0.25, 0.3) is 0 Å². The van der Waals surface area contributed by atoms with Gasteiger partial charge < -0.3 is 11.0 Å². The Balaban J connectivity index is 0.00000208. The second kappa shape index (κ2) is 12.1. The van der Waals surface area contributed by atoms with E-state index in [-0.39, 0.29) is 67.2 Å². The SMILES string of the molecule is O.O.O=S(=O)(OP(c1ccccc1)c1ccccc1)c1ccccc1.[KH]. The third-order valence-electron chi connectivity index (χ3n) is 3.19. The van der Waals surface area contributed by atoms with Gasteiger partial charge in [0.25, 0.3) is 0 Å². The standard InChI is InChI=1S/C18H15O3PS.K.2H2O.H/c19-23(20,18-14-8-3-9-15-18)21-22(16-10-4-1-5-11-16)17-12-6-2-7-13-17;;;;/h1-15H;;2*1H2;. The quantitative estimate of drug-likeness (QED) is 0.458. The molecule has 0 heterocycles. The number of hydrogen-bond acceptors (Lipinski definition) is 3. The topological polar surface area (TPSA) is 106 Å². The molecule has 134 valence electrons. The molecular weight excluding hydrogens is 398 g/mol. The van der Waals surface area contributed by atoms with E-state index in [1.165, 1.54) is 0 Å². The van der Waals surface area contributed by atoms with E-state index in [1.54, 1.807) is 30.3 Å². The van der Waals surface area contributed by atoms with Crippen molar-refractivity contribution in [2.45, 2.75) is 4.90 Å². The van der Waals surface area contributed by atoms with Gasteiger partial charge in [0.1, 0.15) is 8.15 Å². The van der Waals surface area contributed by atoms with Gasteiger partial charge in [-0.2, -0.15) is 8.42 Å². The van der Waals surface area contributed by atoms with Crippen LogP contribution in [-0.4, -0.2) is 70.8 Å². The fourth-order valence-electron chi connectivity index (χ4n) is 2.09. The minimum atomic E-state index is -3.83. The fraction of sp³-hybridized carbons (Fsp3) is 0. The van der Waals surface area contributed by atoms with E-state index in [4.69, 9.17) is 3.97 Å². The van der Waals surface area contributed by atoms with Crippen molar-refractivity contribution in [3.05, 3.63) is 91.0 Å². The molecule has 3 aromatic rings. The Bertz CT molecular complexity index is 822. The normalized spacial score (nSPS) is 10.2. The molecule has 0 spiro atoms. The van der Waals surface area contributed by atoms with Crippen LogP contribution >= 0.6 is 8.15 Å². The van der Waals surface area contributed by atoms with Crippen molar-refractivity contribution in [2.24, 2.45) is 0 Å². The van der Waals surface area contributed by atoms with E-state index < -0.39 is 18.3 Å². The molecule has 3 rings (SSSR count). The Morgan fingerprint density at radius 3 is 1.35 bits per heavy atom. The Hall–Kier alpha value is -0.444. The summed E-state index contributed by atoms with van der Waals surface area (Å²) < 4.78 is 30.8. The third kappa shape index (κ3) is 6.62. The van der Waals surface area contributed by atoms with Gasteiger partial charge in [-0.15, -0.1) is 0 Å². The molecule has 0 aromatic heterocycles. The molecule has 0 atom stereocenters. The Labute approximate surface area is 197 Å². The van der Waals surface area contributed by atoms with Crippen molar-refractivity contribution in [1.82, 2.24) is 0 Å². The van der Waals surface area contributed by atoms with E-state index in [0.29, 0.717) is 0 Å². The van der Waals surface area contributed by atoms with Crippen molar-refractivity contribution in [3.8, 4) is 0 Å². The molecule has 0 bridgehead atoms. The monoisotopic (exact) mass is 418 g/mol. The van der Waals surface area contributed by atoms with Crippen LogP contribution in [0.15, 0.2) is 95.9 Å². The van der Waals surface area contributed by atoms with E-state index in [9.17, 15) is 8.42 Å². The van der Waals surface area contributed by atoms with Gasteiger partial charge >= 0.3 is 61.5 Å². The van der Waals surface area contributed by atoms with E-state index in [1.807, 2.05) is 60.7 Å². The molecule has 0 fully saturated rings. The molecule has 0 saturated heterocycles. The molecule has 0 aliphatic rings. The second-order valence-electron chi connectivity index (χ2n) is 4.81. The molecule has 4 N–H and O–H groups in total. The summed E-state index contributed by atoms with van der Waals surface area (Å²) in [5.74, 6) is 0. The Morgan fingerprint density at radius 1 is 0.615 bits per heavy atom. The zero-order chi connectivity index (χ0) is 16.1. The average molecular weight is 418 g/mol. The van der Waals surface area contributed by atoms with Crippen LogP contribution in [0.5, 0.6) is 0 Å². The third-order valence-corrected chi connectivity index (χ3v) is 6.95. The van der Waals surface area contributed by atoms with Gasteiger partial charge in [0, 0.05) is 10.6 Å². The Morgan fingerprint density at radius 2 is 0.962 bits per heavy atom. The predicted molar refractivity (Wildman–Crippen MR) is 108 cm³/mol. The van der Waals surface area contributed by atoms with E-state index >= 15 is 0 Å². The molecule has 0 saturated carbocycles. The van der Waals surface area contributed by atoms with Crippen LogP contribution in [-0.2, 0) is 14.1 Å². The van der Waals surface area contributed by atoms with Crippen LogP contribution in [0.2, 0.25) is 0 Å². The van der Waals surface area contributed by atoms with Crippen LogP contribution < -0.4 is 10.6 Å². The summed E-state index contributed by atoms with van der Waals surface area (Å²) in [6.45, 7) is 0. The number of rotatable bonds is 5. The zero-order valence-electron chi connectivity index (χ0n) is 13.2. The first kappa shape index (κ1) is 25.6. The molecule has 26 heavy (non-hydrogen) atoms. The van der Waals surface area contributed by atoms with Gasteiger partial charge in [-0.05, 0) is 12.1 Å². The van der Waals surface area contributed by atoms with E-state index in [2.05, 4.69) is 0 Å². The summed E-state index contributed by atoms with van der Waals surface area (Å²) in [5.41, 5.74) is 0. The van der Waals surface area contributed by atoms with Gasteiger partial charge in [0.15, 0.2) is 0 Å². The molecule has 0 aliphatic carbocycles. The van der Waals surface area contributed by atoms with Crippen molar-refractivity contribution >= 4 is 80.3 Å². The first-order chi connectivity index (χ1) is 11.2. The average Bonchev–Trinajstić information content (AvgIpc) is 2.62. The summed E-state index contributed by atoms with van der Waals surface area (Å²) in [5, 5.41) is 1.71. The first-order valence-electron chi connectivity index (χ1n) is 7.07. The van der Waals surface area contributed by atoms with Crippen molar-refractivity contribution in [2.75, 3.05) is 0 Å². The second-order valence-corrected chi connectivity index (χ2v) is 8.40. The van der Waals surface area contributed by atoms with Crippen molar-refractivity contribution in [3.63, 3.8) is 0 Å². The van der Waals surface area contributed by atoms with Crippen molar-refractivity contribution in [1.29, 1.82) is 0 Å². The van der Waals surface area contributed by atoms with Gasteiger partial charge in [-0.25, -0.2) is 3.97 Å². The maximum atomic E-state index is 12.6. The summed E-state index contributed by atoms with van der Waals surface area (Å²) in [6, 6.07) is 27.1. The molecular formula is C18H20KO5PS. The number of hydrogen-bond donors (Lipinski definition) is 0. The summed E-state index contributed by atoms with van der Waals surface area (Å²) in [6.07, 6.45) is 0. The van der Waals surface area contributed by atoms with Crippen LogP contribution in [0, 0.1) is 0 Å². The summed E-state index contributed by atoms with van der Waals surface area (Å²) in [4.78, 5) is 0.166. The van der Waals surface area contributed by atoms with Gasteiger partial charge in [0.2, 0.25) is 0 Å². The molecule has 8 heteroatoms. The van der Waals surface area contributed by atoms with Gasteiger partial charge in [0.05, 0.1) is 4.90 Å². The van der Waals surface area contributed by atoms with Crippen molar-refractivity contribution < 1.29 is 23.3 Å². The summed E-state index contributed by atoms with van der Waals surface area (Å²) in [7, 11) is -5.28. The molecule has 5 nitrogen and oxygen atoms in total. The van der Waals surface area contributed by atoms with Gasteiger partial charge in [-0.3, -0.25) is 0 Å². The predicted octanol–water partition coefficient (Wildman–Crippen LogP) is 1.14. The molecule has 0 aliphatic heterocycles. The van der Waals surface area contributed by atoms with E-state index in [0.717, 1.165) is 10.6 Å². The minimum absolute atomic E-state index is 0. The zero-order valence-corrected chi connectivity index (χ0v) is 15.0. The Kier molecular flexibility index (Phi) is 11.9. The first-order valence-corrected chi connectivity index (χ1v) is 9.73. The number of benzene rings is 3.